The van der Waals surface area contributed by atoms with Crippen molar-refractivity contribution < 1.29 is 29.1 Å². The SMILES string of the molecule is O=C1CCC(N2Cc3c(NC(=O)CN4CCN(CCN=CC5=C(O)CC(c6ccccc6Br)CC5=O)CC4)cccc3C2=O)C(=O)N1. The van der Waals surface area contributed by atoms with Crippen LogP contribution in [0.5, 0.6) is 0 Å². The minimum atomic E-state index is -0.715. The van der Waals surface area contributed by atoms with Crippen LogP contribution in [0.25, 0.3) is 0 Å². The predicted molar refractivity (Wildman–Crippen MR) is 178 cm³/mol. The van der Waals surface area contributed by atoms with Crippen LogP contribution in [0.4, 0.5) is 5.69 Å². The quantitative estimate of drug-likeness (QED) is 0.266. The summed E-state index contributed by atoms with van der Waals surface area (Å²) in [6.45, 7) is 4.52. The second-order valence-corrected chi connectivity index (χ2v) is 13.2. The molecule has 2 unspecified atom stereocenters. The molecule has 0 spiro atoms. The van der Waals surface area contributed by atoms with E-state index in [1.165, 1.54) is 11.1 Å². The molecule has 0 radical (unpaired) electrons. The molecule has 12 nitrogen and oxygen atoms in total. The monoisotopic (exact) mass is 704 g/mol. The van der Waals surface area contributed by atoms with Gasteiger partial charge in [0.15, 0.2) is 5.78 Å². The van der Waals surface area contributed by atoms with Crippen molar-refractivity contribution >= 4 is 57.2 Å². The fourth-order valence-electron chi connectivity index (χ4n) is 6.70. The van der Waals surface area contributed by atoms with Crippen molar-refractivity contribution in [2.45, 2.75) is 44.2 Å². The Bertz CT molecular complexity index is 1670. The fourth-order valence-corrected chi connectivity index (χ4v) is 7.31. The van der Waals surface area contributed by atoms with E-state index < -0.39 is 11.9 Å². The van der Waals surface area contributed by atoms with Crippen molar-refractivity contribution in [1.82, 2.24) is 20.0 Å². The van der Waals surface area contributed by atoms with Gasteiger partial charge < -0.3 is 15.3 Å². The maximum atomic E-state index is 13.1. The number of rotatable bonds is 9. The number of nitrogens with zero attached hydrogens (tertiary/aromatic N) is 4. The van der Waals surface area contributed by atoms with Crippen LogP contribution in [0.1, 0.15) is 53.1 Å². The molecule has 47 heavy (non-hydrogen) atoms. The zero-order valence-electron chi connectivity index (χ0n) is 25.9. The predicted octanol–water partition coefficient (Wildman–Crippen LogP) is 2.80. The number of piperidine rings is 1. The molecule has 4 aliphatic rings. The van der Waals surface area contributed by atoms with Crippen molar-refractivity contribution in [2.75, 3.05) is 51.1 Å². The van der Waals surface area contributed by atoms with E-state index in [0.717, 1.165) is 23.1 Å². The molecular weight excluding hydrogens is 668 g/mol. The van der Waals surface area contributed by atoms with Gasteiger partial charge in [-0.2, -0.15) is 0 Å². The zero-order valence-corrected chi connectivity index (χ0v) is 27.5. The summed E-state index contributed by atoms with van der Waals surface area (Å²) in [5.41, 5.74) is 2.98. The number of benzene rings is 2. The van der Waals surface area contributed by atoms with Crippen LogP contribution in [0.15, 0.2) is 63.3 Å². The van der Waals surface area contributed by atoms with Gasteiger partial charge in [0.25, 0.3) is 5.91 Å². The van der Waals surface area contributed by atoms with E-state index in [1.54, 1.807) is 18.2 Å². The van der Waals surface area contributed by atoms with Crippen LogP contribution in [0.2, 0.25) is 0 Å². The first-order chi connectivity index (χ1) is 22.7. The molecule has 3 N–H and O–H groups in total. The van der Waals surface area contributed by atoms with Gasteiger partial charge in [0.2, 0.25) is 17.7 Å². The number of aliphatic hydroxyl groups excluding tert-OH is 1. The van der Waals surface area contributed by atoms with E-state index >= 15 is 0 Å². The normalized spacial score (nSPS) is 22.6. The number of aliphatic hydroxyl groups is 1. The molecule has 0 bridgehead atoms. The third-order valence-corrected chi connectivity index (χ3v) is 10.0. The van der Waals surface area contributed by atoms with Gasteiger partial charge in [0, 0.05) is 86.0 Å². The second kappa shape index (κ2) is 14.3. The third-order valence-electron chi connectivity index (χ3n) is 9.28. The van der Waals surface area contributed by atoms with Crippen LogP contribution < -0.4 is 10.6 Å². The Morgan fingerprint density at radius 3 is 2.53 bits per heavy atom. The molecule has 1 aliphatic carbocycles. The number of amides is 4. The number of Topliss-reactive ketones (excluding diaryl/α,β-unsaturated/α-hetero) is 1. The molecular formula is C34H37BrN6O6. The Balaban J connectivity index is 0.947. The first kappa shape index (κ1) is 32.7. The summed E-state index contributed by atoms with van der Waals surface area (Å²) in [4.78, 5) is 73.1. The van der Waals surface area contributed by atoms with Gasteiger partial charge in [-0.15, -0.1) is 0 Å². The summed E-state index contributed by atoms with van der Waals surface area (Å²) in [6, 6.07) is 12.2. The van der Waals surface area contributed by atoms with Crippen molar-refractivity contribution in [2.24, 2.45) is 4.99 Å². The number of fused-ring (bicyclic) bond motifs is 1. The Kier molecular flexibility index (Phi) is 9.95. The number of allylic oxidation sites excluding steroid dienone is 2. The van der Waals surface area contributed by atoms with E-state index in [-0.39, 0.29) is 61.1 Å². The Morgan fingerprint density at radius 2 is 1.79 bits per heavy atom. The van der Waals surface area contributed by atoms with Crippen molar-refractivity contribution in [3.05, 3.63) is 75.0 Å². The number of carbonyl (C=O) groups is 5. The topological polar surface area (TPSA) is 152 Å². The molecule has 2 fully saturated rings. The van der Waals surface area contributed by atoms with Crippen molar-refractivity contribution in [1.29, 1.82) is 0 Å². The molecule has 0 saturated carbocycles. The summed E-state index contributed by atoms with van der Waals surface area (Å²) in [5, 5.41) is 15.9. The van der Waals surface area contributed by atoms with E-state index in [4.69, 9.17) is 0 Å². The Morgan fingerprint density at radius 1 is 1.02 bits per heavy atom. The molecule has 13 heteroatoms. The first-order valence-corrected chi connectivity index (χ1v) is 16.7. The lowest BCUT2D eigenvalue weighted by molar-refractivity contribution is -0.137. The molecule has 4 amide bonds. The number of ketones is 1. The Hall–Kier alpha value is -4.20. The zero-order chi connectivity index (χ0) is 33.1. The maximum absolute atomic E-state index is 13.1. The Labute approximate surface area is 281 Å². The first-order valence-electron chi connectivity index (χ1n) is 15.9. The smallest absolute Gasteiger partial charge is 0.255 e. The third kappa shape index (κ3) is 7.37. The lowest BCUT2D eigenvalue weighted by atomic mass is 9.83. The van der Waals surface area contributed by atoms with Crippen LogP contribution in [-0.4, -0.2) is 107 Å². The average molecular weight is 706 g/mol. The number of carbonyl (C=O) groups excluding carboxylic acids is 5. The summed E-state index contributed by atoms with van der Waals surface area (Å²) >= 11 is 3.54. The number of hydrogen-bond donors (Lipinski definition) is 3. The largest absolute Gasteiger partial charge is 0.511 e. The number of nitrogens with one attached hydrogen (secondary N) is 2. The number of piperazine rings is 1. The standard InChI is InChI=1S/C34H37BrN6O6/c35-26-6-2-1-4-22(26)21-16-29(42)24(30(43)17-21)18-36-10-11-39-12-14-40(15-13-39)20-32(45)37-27-7-3-5-23-25(27)19-41(34(23)47)28-8-9-31(44)38-33(28)46/h1-7,18,21,28,42H,8-17,19-20H2,(H,37,45)(H,38,44,46). The number of aliphatic imine (C=N–C) groups is 1. The molecule has 0 aromatic heterocycles. The highest BCUT2D eigenvalue weighted by Gasteiger charge is 2.40. The van der Waals surface area contributed by atoms with Crippen molar-refractivity contribution in [3.8, 4) is 0 Å². The number of imide groups is 1. The van der Waals surface area contributed by atoms with Crippen LogP contribution >= 0.6 is 15.9 Å². The van der Waals surface area contributed by atoms with Crippen LogP contribution in [0.3, 0.4) is 0 Å². The molecule has 3 aliphatic heterocycles. The molecule has 2 saturated heterocycles. The fraction of sp³-hybridized carbons (Fsp3) is 0.412. The molecule has 2 atom stereocenters. The molecule has 2 aromatic carbocycles. The van der Waals surface area contributed by atoms with Gasteiger partial charge in [0.05, 0.1) is 18.7 Å². The van der Waals surface area contributed by atoms with Gasteiger partial charge in [-0.25, -0.2) is 0 Å². The summed E-state index contributed by atoms with van der Waals surface area (Å²) < 4.78 is 0.931. The van der Waals surface area contributed by atoms with E-state index in [2.05, 4.69) is 41.4 Å². The highest BCUT2D eigenvalue weighted by Crippen LogP contribution is 2.36. The highest BCUT2D eigenvalue weighted by molar-refractivity contribution is 9.10. The van der Waals surface area contributed by atoms with Gasteiger partial charge in [-0.3, -0.25) is 44.1 Å². The van der Waals surface area contributed by atoms with E-state index in [0.29, 0.717) is 61.4 Å². The minimum Gasteiger partial charge on any atom is -0.511 e. The second-order valence-electron chi connectivity index (χ2n) is 12.3. The van der Waals surface area contributed by atoms with Gasteiger partial charge in [0.1, 0.15) is 11.8 Å². The molecule has 2 aromatic rings. The van der Waals surface area contributed by atoms with Crippen LogP contribution in [0, 0.1) is 0 Å². The van der Waals surface area contributed by atoms with Gasteiger partial charge in [-0.05, 0) is 36.1 Å². The van der Waals surface area contributed by atoms with Gasteiger partial charge in [-0.1, -0.05) is 40.2 Å². The molecule has 6 rings (SSSR count). The van der Waals surface area contributed by atoms with E-state index in [1.807, 2.05) is 24.3 Å². The maximum Gasteiger partial charge on any atom is 0.255 e. The minimum absolute atomic E-state index is 0.0679. The summed E-state index contributed by atoms with van der Waals surface area (Å²) in [7, 11) is 0. The lowest BCUT2D eigenvalue weighted by Gasteiger charge is -2.34. The van der Waals surface area contributed by atoms with Crippen molar-refractivity contribution in [3.63, 3.8) is 0 Å². The molecule has 246 valence electrons. The average Bonchev–Trinajstić information content (AvgIpc) is 3.38. The number of halogens is 1. The lowest BCUT2D eigenvalue weighted by Crippen LogP contribution is -2.52. The van der Waals surface area contributed by atoms with Crippen LogP contribution in [-0.2, 0) is 25.7 Å². The number of hydrogen-bond acceptors (Lipinski definition) is 9. The summed E-state index contributed by atoms with van der Waals surface area (Å²) in [5.74, 6) is -1.37. The number of anilines is 1. The van der Waals surface area contributed by atoms with E-state index in [9.17, 15) is 29.1 Å². The summed E-state index contributed by atoms with van der Waals surface area (Å²) in [6.07, 6.45) is 2.69. The van der Waals surface area contributed by atoms with Gasteiger partial charge >= 0.3 is 0 Å². The highest BCUT2D eigenvalue weighted by atomic mass is 79.9. The molecule has 3 heterocycles.